The number of hydrogen-bond acceptors (Lipinski definition) is 3. The second kappa shape index (κ2) is 5.20. The second-order valence-electron chi connectivity index (χ2n) is 7.22. The molecule has 2 saturated heterocycles. The number of nitrogens with one attached hydrogen (secondary N) is 1. The topological polar surface area (TPSA) is 18.5 Å². The van der Waals surface area contributed by atoms with Crippen LogP contribution in [0.3, 0.4) is 0 Å². The van der Waals surface area contributed by atoms with E-state index in [-0.39, 0.29) is 0 Å². The Morgan fingerprint density at radius 2 is 2.05 bits per heavy atom. The number of benzene rings is 1. The van der Waals surface area contributed by atoms with Crippen LogP contribution in [-0.4, -0.2) is 42.7 Å². The van der Waals surface area contributed by atoms with E-state index in [1.54, 1.807) is 0 Å². The number of nitrogens with zero attached hydrogens (tertiary/aromatic N) is 2. The highest BCUT2D eigenvalue weighted by atomic mass is 15.3. The van der Waals surface area contributed by atoms with Crippen LogP contribution in [0.4, 0.5) is 11.4 Å². The van der Waals surface area contributed by atoms with Crippen molar-refractivity contribution in [1.82, 2.24) is 4.90 Å². The Balaban J connectivity index is 1.58. The van der Waals surface area contributed by atoms with Crippen LogP contribution < -0.4 is 10.2 Å². The molecule has 1 aromatic rings. The summed E-state index contributed by atoms with van der Waals surface area (Å²) in [5.41, 5.74) is 4.29. The van der Waals surface area contributed by atoms with Crippen LogP contribution in [0.2, 0.25) is 0 Å². The molecular weight excluding hydrogens is 258 g/mol. The smallest absolute Gasteiger partial charge is 0.0389 e. The normalized spacial score (nSPS) is 32.5. The van der Waals surface area contributed by atoms with Gasteiger partial charge in [-0.15, -0.1) is 0 Å². The van der Waals surface area contributed by atoms with E-state index in [0.717, 1.165) is 6.04 Å². The predicted octanol–water partition coefficient (Wildman–Crippen LogP) is 3.11. The minimum Gasteiger partial charge on any atom is -0.382 e. The molecule has 3 unspecified atom stereocenters. The van der Waals surface area contributed by atoms with Gasteiger partial charge in [0.05, 0.1) is 0 Å². The molecule has 114 valence electrons. The van der Waals surface area contributed by atoms with Gasteiger partial charge in [-0.05, 0) is 69.8 Å². The highest BCUT2D eigenvalue weighted by Gasteiger charge is 2.34. The van der Waals surface area contributed by atoms with Crippen LogP contribution in [0.1, 0.15) is 38.7 Å². The average Bonchev–Trinajstić information content (AvgIpc) is 2.93. The first-order valence-electron chi connectivity index (χ1n) is 8.61. The van der Waals surface area contributed by atoms with Crippen molar-refractivity contribution in [3.05, 3.63) is 23.8 Å². The maximum absolute atomic E-state index is 3.61. The standard InChI is InChI=1S/C18H27N3/c1-13-5-6-15-10-16(7-8-18(15)19-13)21-12-17-4-3-9-20(17)11-14(21)2/h7-8,10,13-14,17,19H,3-6,9,11-12H2,1-2H3. The number of rotatable bonds is 1. The molecule has 3 aliphatic heterocycles. The van der Waals surface area contributed by atoms with Gasteiger partial charge in [0, 0.05) is 42.6 Å². The maximum atomic E-state index is 3.61. The maximum Gasteiger partial charge on any atom is 0.0389 e. The van der Waals surface area contributed by atoms with E-state index in [9.17, 15) is 0 Å². The van der Waals surface area contributed by atoms with Gasteiger partial charge in [0.1, 0.15) is 0 Å². The number of fused-ring (bicyclic) bond motifs is 2. The molecule has 3 heteroatoms. The van der Waals surface area contributed by atoms with Gasteiger partial charge in [-0.3, -0.25) is 4.90 Å². The fraction of sp³-hybridized carbons (Fsp3) is 0.667. The summed E-state index contributed by atoms with van der Waals surface area (Å²) >= 11 is 0. The van der Waals surface area contributed by atoms with E-state index < -0.39 is 0 Å². The van der Waals surface area contributed by atoms with Gasteiger partial charge in [-0.2, -0.15) is 0 Å². The molecule has 0 bridgehead atoms. The molecule has 3 aliphatic rings. The van der Waals surface area contributed by atoms with Crippen LogP contribution >= 0.6 is 0 Å². The van der Waals surface area contributed by atoms with Crippen LogP contribution in [0, 0.1) is 0 Å². The molecule has 3 atom stereocenters. The van der Waals surface area contributed by atoms with Crippen molar-refractivity contribution in [2.24, 2.45) is 0 Å². The van der Waals surface area contributed by atoms with E-state index in [2.05, 4.69) is 47.2 Å². The molecule has 0 aromatic heterocycles. The highest BCUT2D eigenvalue weighted by molar-refractivity contribution is 5.62. The van der Waals surface area contributed by atoms with E-state index >= 15 is 0 Å². The third-order valence-corrected chi connectivity index (χ3v) is 5.61. The zero-order chi connectivity index (χ0) is 14.4. The highest BCUT2D eigenvalue weighted by Crippen LogP contribution is 2.33. The SMILES string of the molecule is CC1CCc2cc(N3CC4CCCN4CC3C)ccc2N1. The van der Waals surface area contributed by atoms with Crippen molar-refractivity contribution in [1.29, 1.82) is 0 Å². The first kappa shape index (κ1) is 13.4. The summed E-state index contributed by atoms with van der Waals surface area (Å²) in [5.74, 6) is 0. The summed E-state index contributed by atoms with van der Waals surface area (Å²) < 4.78 is 0. The predicted molar refractivity (Wildman–Crippen MR) is 89.3 cm³/mol. The quantitative estimate of drug-likeness (QED) is 0.855. The Hall–Kier alpha value is -1.22. The fourth-order valence-corrected chi connectivity index (χ4v) is 4.36. The largest absolute Gasteiger partial charge is 0.382 e. The summed E-state index contributed by atoms with van der Waals surface area (Å²) in [6, 6.07) is 9.10. The lowest BCUT2D eigenvalue weighted by Crippen LogP contribution is -2.55. The van der Waals surface area contributed by atoms with Crippen molar-refractivity contribution in [2.75, 3.05) is 29.9 Å². The Kier molecular flexibility index (Phi) is 3.33. The van der Waals surface area contributed by atoms with Crippen molar-refractivity contribution >= 4 is 11.4 Å². The Morgan fingerprint density at radius 3 is 2.95 bits per heavy atom. The summed E-state index contributed by atoms with van der Waals surface area (Å²) in [6.45, 7) is 8.42. The van der Waals surface area contributed by atoms with Crippen molar-refractivity contribution < 1.29 is 0 Å². The summed E-state index contributed by atoms with van der Waals surface area (Å²) in [5, 5.41) is 3.61. The lowest BCUT2D eigenvalue weighted by atomic mass is 9.97. The van der Waals surface area contributed by atoms with Crippen LogP contribution in [0.15, 0.2) is 18.2 Å². The summed E-state index contributed by atoms with van der Waals surface area (Å²) in [7, 11) is 0. The average molecular weight is 285 g/mol. The molecule has 1 aromatic carbocycles. The number of anilines is 2. The molecule has 1 N–H and O–H groups in total. The van der Waals surface area contributed by atoms with E-state index in [1.807, 2.05) is 0 Å². The van der Waals surface area contributed by atoms with Gasteiger partial charge in [-0.25, -0.2) is 0 Å². The number of aryl methyl sites for hydroxylation is 1. The molecule has 0 saturated carbocycles. The lowest BCUT2D eigenvalue weighted by molar-refractivity contribution is 0.203. The molecule has 3 nitrogen and oxygen atoms in total. The van der Waals surface area contributed by atoms with E-state index in [1.165, 1.54) is 62.3 Å². The van der Waals surface area contributed by atoms with Crippen molar-refractivity contribution in [2.45, 2.75) is 57.7 Å². The molecule has 3 heterocycles. The monoisotopic (exact) mass is 285 g/mol. The molecule has 0 spiro atoms. The summed E-state index contributed by atoms with van der Waals surface area (Å²) in [4.78, 5) is 5.34. The van der Waals surface area contributed by atoms with Gasteiger partial charge in [0.25, 0.3) is 0 Å². The zero-order valence-corrected chi connectivity index (χ0v) is 13.3. The second-order valence-corrected chi connectivity index (χ2v) is 7.22. The van der Waals surface area contributed by atoms with Gasteiger partial charge in [-0.1, -0.05) is 0 Å². The zero-order valence-electron chi connectivity index (χ0n) is 13.3. The van der Waals surface area contributed by atoms with Crippen LogP contribution in [0.5, 0.6) is 0 Å². The first-order valence-corrected chi connectivity index (χ1v) is 8.61. The third kappa shape index (κ3) is 2.42. The molecule has 0 amide bonds. The van der Waals surface area contributed by atoms with E-state index in [4.69, 9.17) is 0 Å². The lowest BCUT2D eigenvalue weighted by Gasteiger charge is -2.44. The molecule has 21 heavy (non-hydrogen) atoms. The Morgan fingerprint density at radius 1 is 1.14 bits per heavy atom. The first-order chi connectivity index (χ1) is 10.2. The molecule has 0 aliphatic carbocycles. The molecular formula is C18H27N3. The van der Waals surface area contributed by atoms with Gasteiger partial charge < -0.3 is 10.2 Å². The summed E-state index contributed by atoms with van der Waals surface area (Å²) in [6.07, 6.45) is 5.24. The van der Waals surface area contributed by atoms with Crippen LogP contribution in [0.25, 0.3) is 0 Å². The Bertz CT molecular complexity index is 527. The minimum absolute atomic E-state index is 0.615. The molecule has 0 radical (unpaired) electrons. The molecule has 2 fully saturated rings. The van der Waals surface area contributed by atoms with Gasteiger partial charge in [0.15, 0.2) is 0 Å². The molecule has 4 rings (SSSR count). The fourth-order valence-electron chi connectivity index (χ4n) is 4.36. The Labute approximate surface area is 128 Å². The minimum atomic E-state index is 0.615. The van der Waals surface area contributed by atoms with Crippen molar-refractivity contribution in [3.63, 3.8) is 0 Å². The third-order valence-electron chi connectivity index (χ3n) is 5.61. The number of piperazine rings is 1. The van der Waals surface area contributed by atoms with Crippen LogP contribution in [-0.2, 0) is 6.42 Å². The van der Waals surface area contributed by atoms with Crippen molar-refractivity contribution in [3.8, 4) is 0 Å². The van der Waals surface area contributed by atoms with Gasteiger partial charge in [0.2, 0.25) is 0 Å². The van der Waals surface area contributed by atoms with E-state index in [0.29, 0.717) is 12.1 Å². The number of hydrogen-bond donors (Lipinski definition) is 1. The van der Waals surface area contributed by atoms with Gasteiger partial charge >= 0.3 is 0 Å².